The number of carboxylic acid groups (broad SMARTS) is 1. The fourth-order valence-corrected chi connectivity index (χ4v) is 2.19. The zero-order valence-electron chi connectivity index (χ0n) is 8.38. The highest BCUT2D eigenvalue weighted by Gasteiger charge is 2.19. The minimum Gasteiger partial charge on any atom is -0.478 e. The fraction of sp³-hybridized carbons (Fsp3) is 0.0909. The van der Waals surface area contributed by atoms with Crippen LogP contribution in [-0.4, -0.2) is 16.1 Å². The van der Waals surface area contributed by atoms with E-state index in [1.807, 2.05) is 0 Å². The molecule has 1 aromatic carbocycles. The standard InChI is InChI=1S/C11H6Cl2FNO2/c12-4-7-6-3-5(14)1-2-8(6)15-10(13)9(7)11(16)17/h1-3H,4H2,(H,16,17). The van der Waals surface area contributed by atoms with E-state index in [-0.39, 0.29) is 22.2 Å². The quantitative estimate of drug-likeness (QED) is 0.673. The van der Waals surface area contributed by atoms with Gasteiger partial charge in [0.2, 0.25) is 0 Å². The molecule has 0 aliphatic heterocycles. The van der Waals surface area contributed by atoms with Gasteiger partial charge in [0.15, 0.2) is 0 Å². The summed E-state index contributed by atoms with van der Waals surface area (Å²) in [6.45, 7) is 0. The van der Waals surface area contributed by atoms with Gasteiger partial charge < -0.3 is 5.11 Å². The van der Waals surface area contributed by atoms with E-state index >= 15 is 0 Å². The van der Waals surface area contributed by atoms with Gasteiger partial charge in [-0.1, -0.05) is 11.6 Å². The largest absolute Gasteiger partial charge is 0.478 e. The number of rotatable bonds is 2. The molecule has 2 aromatic rings. The summed E-state index contributed by atoms with van der Waals surface area (Å²) in [5.41, 5.74) is 0.505. The van der Waals surface area contributed by atoms with Gasteiger partial charge in [0.1, 0.15) is 16.5 Å². The summed E-state index contributed by atoms with van der Waals surface area (Å²) in [5.74, 6) is -1.79. The Morgan fingerprint density at radius 3 is 2.76 bits per heavy atom. The van der Waals surface area contributed by atoms with Gasteiger partial charge in [-0.05, 0) is 23.8 Å². The van der Waals surface area contributed by atoms with Crippen LogP contribution in [0.1, 0.15) is 15.9 Å². The second-order valence-electron chi connectivity index (χ2n) is 3.36. The number of halogens is 3. The molecule has 0 saturated heterocycles. The molecular formula is C11H6Cl2FNO2. The number of carboxylic acids is 1. The summed E-state index contributed by atoms with van der Waals surface area (Å²) in [6, 6.07) is 3.85. The maximum absolute atomic E-state index is 13.1. The van der Waals surface area contributed by atoms with E-state index in [4.69, 9.17) is 28.3 Å². The van der Waals surface area contributed by atoms with Crippen LogP contribution >= 0.6 is 23.2 Å². The Bertz CT molecular complexity index is 616. The Kier molecular flexibility index (Phi) is 3.17. The Morgan fingerprint density at radius 1 is 1.47 bits per heavy atom. The second-order valence-corrected chi connectivity index (χ2v) is 3.98. The molecule has 88 valence electrons. The molecule has 6 heteroatoms. The minimum absolute atomic E-state index is 0.0795. The van der Waals surface area contributed by atoms with E-state index in [0.29, 0.717) is 10.9 Å². The normalized spacial score (nSPS) is 10.8. The van der Waals surface area contributed by atoms with Crippen LogP contribution in [0.3, 0.4) is 0 Å². The van der Waals surface area contributed by atoms with Gasteiger partial charge in [-0.15, -0.1) is 11.6 Å². The van der Waals surface area contributed by atoms with Crippen molar-refractivity contribution in [3.8, 4) is 0 Å². The van der Waals surface area contributed by atoms with Crippen LogP contribution in [0.5, 0.6) is 0 Å². The van der Waals surface area contributed by atoms with E-state index < -0.39 is 11.8 Å². The minimum atomic E-state index is -1.23. The average Bonchev–Trinajstić information content (AvgIpc) is 2.27. The van der Waals surface area contributed by atoms with E-state index in [0.717, 1.165) is 0 Å². The highest BCUT2D eigenvalue weighted by atomic mass is 35.5. The SMILES string of the molecule is O=C(O)c1c(Cl)nc2ccc(F)cc2c1CCl. The molecule has 1 heterocycles. The van der Waals surface area contributed by atoms with Crippen molar-refractivity contribution in [2.45, 2.75) is 5.88 Å². The summed E-state index contributed by atoms with van der Waals surface area (Å²) >= 11 is 11.5. The molecule has 3 nitrogen and oxygen atoms in total. The van der Waals surface area contributed by atoms with Crippen molar-refractivity contribution in [2.75, 3.05) is 0 Å². The van der Waals surface area contributed by atoms with Crippen LogP contribution in [0.25, 0.3) is 10.9 Å². The average molecular weight is 274 g/mol. The first kappa shape index (κ1) is 12.1. The van der Waals surface area contributed by atoms with E-state index in [9.17, 15) is 9.18 Å². The van der Waals surface area contributed by atoms with Crippen LogP contribution in [-0.2, 0) is 5.88 Å². The monoisotopic (exact) mass is 273 g/mol. The molecule has 0 aliphatic carbocycles. The number of pyridine rings is 1. The van der Waals surface area contributed by atoms with Gasteiger partial charge in [0.25, 0.3) is 0 Å². The molecule has 0 aliphatic rings. The smallest absolute Gasteiger partial charge is 0.339 e. The molecule has 0 fully saturated rings. The van der Waals surface area contributed by atoms with Crippen molar-refractivity contribution >= 4 is 40.1 Å². The Labute approximate surface area is 106 Å². The van der Waals surface area contributed by atoms with Crippen molar-refractivity contribution in [3.63, 3.8) is 0 Å². The van der Waals surface area contributed by atoms with Crippen LogP contribution in [0.15, 0.2) is 18.2 Å². The summed E-state index contributed by atoms with van der Waals surface area (Å²) in [7, 11) is 0. The zero-order valence-corrected chi connectivity index (χ0v) is 9.89. The lowest BCUT2D eigenvalue weighted by Crippen LogP contribution is -2.05. The zero-order chi connectivity index (χ0) is 12.6. The van der Waals surface area contributed by atoms with E-state index in [1.165, 1.54) is 18.2 Å². The number of benzene rings is 1. The first-order valence-corrected chi connectivity index (χ1v) is 5.52. The number of nitrogens with zero attached hydrogens (tertiary/aromatic N) is 1. The predicted octanol–water partition coefficient (Wildman–Crippen LogP) is 3.46. The van der Waals surface area contributed by atoms with Crippen molar-refractivity contribution in [1.29, 1.82) is 0 Å². The third kappa shape index (κ3) is 2.06. The third-order valence-corrected chi connectivity index (χ3v) is 2.90. The number of hydrogen-bond donors (Lipinski definition) is 1. The summed E-state index contributed by atoms with van der Waals surface area (Å²) in [4.78, 5) is 15.0. The summed E-state index contributed by atoms with van der Waals surface area (Å²) < 4.78 is 13.1. The number of fused-ring (bicyclic) bond motifs is 1. The molecule has 0 amide bonds. The summed E-state index contributed by atoms with van der Waals surface area (Å²) in [5, 5.41) is 9.25. The molecule has 0 unspecified atom stereocenters. The van der Waals surface area contributed by atoms with Crippen LogP contribution < -0.4 is 0 Å². The molecule has 0 atom stereocenters. The van der Waals surface area contributed by atoms with Gasteiger partial charge in [0, 0.05) is 11.3 Å². The number of hydrogen-bond acceptors (Lipinski definition) is 2. The lowest BCUT2D eigenvalue weighted by Gasteiger charge is -2.09. The van der Waals surface area contributed by atoms with Gasteiger partial charge in [0.05, 0.1) is 5.52 Å². The first-order chi connectivity index (χ1) is 8.04. The molecule has 0 saturated carbocycles. The topological polar surface area (TPSA) is 50.2 Å². The van der Waals surface area contributed by atoms with Gasteiger partial charge >= 0.3 is 5.97 Å². The van der Waals surface area contributed by atoms with Crippen LogP contribution in [0, 0.1) is 5.82 Å². The number of alkyl halides is 1. The predicted molar refractivity (Wildman–Crippen MR) is 63.2 cm³/mol. The maximum Gasteiger partial charge on any atom is 0.339 e. The third-order valence-electron chi connectivity index (χ3n) is 2.36. The number of aromatic nitrogens is 1. The molecule has 2 rings (SSSR count). The molecular weight excluding hydrogens is 268 g/mol. The van der Waals surface area contributed by atoms with Crippen molar-refractivity contribution in [3.05, 3.63) is 40.3 Å². The fourth-order valence-electron chi connectivity index (χ4n) is 1.62. The van der Waals surface area contributed by atoms with E-state index in [1.54, 1.807) is 0 Å². The van der Waals surface area contributed by atoms with Crippen molar-refractivity contribution in [2.24, 2.45) is 0 Å². The lowest BCUT2D eigenvalue weighted by atomic mass is 10.0. The van der Waals surface area contributed by atoms with E-state index in [2.05, 4.69) is 4.98 Å². The lowest BCUT2D eigenvalue weighted by molar-refractivity contribution is 0.0696. The summed E-state index contributed by atoms with van der Waals surface area (Å²) in [6.07, 6.45) is 0. The Hall–Kier alpha value is -1.39. The van der Waals surface area contributed by atoms with Crippen LogP contribution in [0.4, 0.5) is 4.39 Å². The van der Waals surface area contributed by atoms with Crippen molar-refractivity contribution in [1.82, 2.24) is 4.98 Å². The first-order valence-electron chi connectivity index (χ1n) is 4.61. The van der Waals surface area contributed by atoms with Gasteiger partial charge in [-0.3, -0.25) is 0 Å². The molecule has 0 spiro atoms. The molecule has 0 radical (unpaired) electrons. The molecule has 17 heavy (non-hydrogen) atoms. The number of carbonyl (C=O) groups is 1. The van der Waals surface area contributed by atoms with Gasteiger partial charge in [-0.2, -0.15) is 0 Å². The number of aromatic carboxylic acids is 1. The van der Waals surface area contributed by atoms with Crippen LogP contribution in [0.2, 0.25) is 5.15 Å². The molecule has 1 aromatic heterocycles. The van der Waals surface area contributed by atoms with Gasteiger partial charge in [-0.25, -0.2) is 14.2 Å². The Balaban J connectivity index is 2.92. The molecule has 0 bridgehead atoms. The second kappa shape index (κ2) is 4.47. The Morgan fingerprint density at radius 2 is 2.18 bits per heavy atom. The highest BCUT2D eigenvalue weighted by Crippen LogP contribution is 2.28. The van der Waals surface area contributed by atoms with Crippen molar-refractivity contribution < 1.29 is 14.3 Å². The molecule has 1 N–H and O–H groups in total. The highest BCUT2D eigenvalue weighted by molar-refractivity contribution is 6.33. The maximum atomic E-state index is 13.1.